The van der Waals surface area contributed by atoms with Crippen LogP contribution in [-0.2, 0) is 9.47 Å². The smallest absolute Gasteiger partial charge is 0.186 e. The lowest BCUT2D eigenvalue weighted by molar-refractivity contribution is -0.300. The molecule has 0 radical (unpaired) electrons. The Bertz CT molecular complexity index is 295. The highest BCUT2D eigenvalue weighted by Gasteiger charge is 2.43. The van der Waals surface area contributed by atoms with Gasteiger partial charge in [0.25, 0.3) is 0 Å². The van der Waals surface area contributed by atoms with Crippen LogP contribution in [-0.4, -0.2) is 64.3 Å². The molecule has 6 nitrogen and oxygen atoms in total. The van der Waals surface area contributed by atoms with Gasteiger partial charge < -0.3 is 29.9 Å². The molecule has 0 spiro atoms. The van der Waals surface area contributed by atoms with Crippen LogP contribution in [0.15, 0.2) is 0 Å². The summed E-state index contributed by atoms with van der Waals surface area (Å²) < 4.78 is 10.4. The zero-order chi connectivity index (χ0) is 13.5. The average Bonchev–Trinajstić information content (AvgIpc) is 2.38. The summed E-state index contributed by atoms with van der Waals surface area (Å²) >= 11 is 0. The van der Waals surface area contributed by atoms with E-state index in [1.807, 2.05) is 6.92 Å². The Morgan fingerprint density at radius 2 is 1.83 bits per heavy atom. The van der Waals surface area contributed by atoms with Gasteiger partial charge in [0.2, 0.25) is 0 Å². The number of hydrogen-bond acceptors (Lipinski definition) is 6. The monoisotopic (exact) mass is 260 g/mol. The lowest BCUT2D eigenvalue weighted by Crippen LogP contribution is -2.59. The third kappa shape index (κ3) is 3.92. The lowest BCUT2D eigenvalue weighted by Gasteiger charge is -2.39. The highest BCUT2D eigenvalue weighted by Crippen LogP contribution is 2.21. The van der Waals surface area contributed by atoms with Gasteiger partial charge in [0, 0.05) is 12.8 Å². The van der Waals surface area contributed by atoms with Crippen LogP contribution in [0.1, 0.15) is 19.8 Å². The second-order valence-electron chi connectivity index (χ2n) is 4.03. The van der Waals surface area contributed by atoms with Crippen molar-refractivity contribution in [3.63, 3.8) is 0 Å². The molecule has 4 N–H and O–H groups in total. The molecule has 0 bridgehead atoms. The fourth-order valence-electron chi connectivity index (χ4n) is 1.64. The van der Waals surface area contributed by atoms with E-state index in [-0.39, 0.29) is 6.61 Å². The molecule has 1 aliphatic heterocycles. The van der Waals surface area contributed by atoms with E-state index in [4.69, 9.17) is 14.6 Å². The largest absolute Gasteiger partial charge is 0.394 e. The molecule has 104 valence electrons. The minimum absolute atomic E-state index is 0.246. The topological polar surface area (TPSA) is 99.4 Å². The third-order valence-corrected chi connectivity index (χ3v) is 2.66. The van der Waals surface area contributed by atoms with Crippen molar-refractivity contribution >= 4 is 0 Å². The van der Waals surface area contributed by atoms with Crippen LogP contribution in [0.3, 0.4) is 0 Å². The highest BCUT2D eigenvalue weighted by molar-refractivity contribution is 4.97. The molecule has 1 heterocycles. The van der Waals surface area contributed by atoms with Gasteiger partial charge in [-0.25, -0.2) is 0 Å². The van der Waals surface area contributed by atoms with Crippen molar-refractivity contribution in [2.24, 2.45) is 0 Å². The summed E-state index contributed by atoms with van der Waals surface area (Å²) in [6.07, 6.45) is -4.85. The Hall–Kier alpha value is -0.680. The number of aliphatic hydroxyl groups is 4. The predicted octanol–water partition coefficient (Wildman–Crippen LogP) is -1.39. The average molecular weight is 260 g/mol. The number of ether oxygens (including phenoxy) is 2. The standard InChI is InChI=1S/C12H20O6/c1-2-3-4-5-6-17-12-11(16)10(15)9(14)8(7-13)18-12/h8-16H,2,5-7H2,1H3/t8-,9+,10?,11?,12-/m1/s1. The predicted molar refractivity (Wildman–Crippen MR) is 62.4 cm³/mol. The maximum atomic E-state index is 9.65. The van der Waals surface area contributed by atoms with Crippen molar-refractivity contribution in [1.29, 1.82) is 0 Å². The van der Waals surface area contributed by atoms with Gasteiger partial charge in [0.15, 0.2) is 6.29 Å². The summed E-state index contributed by atoms with van der Waals surface area (Å²) in [6, 6.07) is 0. The van der Waals surface area contributed by atoms with Gasteiger partial charge in [-0.05, 0) is 0 Å². The van der Waals surface area contributed by atoms with Gasteiger partial charge in [-0.1, -0.05) is 6.92 Å². The summed E-state index contributed by atoms with van der Waals surface area (Å²) in [4.78, 5) is 0. The fraction of sp³-hybridized carbons (Fsp3) is 0.833. The van der Waals surface area contributed by atoms with Crippen molar-refractivity contribution in [1.82, 2.24) is 0 Å². The van der Waals surface area contributed by atoms with E-state index < -0.39 is 37.3 Å². The number of rotatable bonds is 4. The molecule has 1 fully saturated rings. The Balaban J connectivity index is 2.44. The van der Waals surface area contributed by atoms with Gasteiger partial charge in [-0.15, -0.1) is 11.8 Å². The molecule has 5 atom stereocenters. The summed E-state index contributed by atoms with van der Waals surface area (Å²) in [5, 5.41) is 37.7. The van der Waals surface area contributed by atoms with Gasteiger partial charge in [-0.2, -0.15) is 0 Å². The lowest BCUT2D eigenvalue weighted by atomic mass is 9.99. The molecule has 1 saturated heterocycles. The SMILES string of the molecule is CCC#CCCO[C@@H]1O[C@H](CO)[C@H](O)C(O)C1O. The maximum Gasteiger partial charge on any atom is 0.186 e. The number of hydrogen-bond donors (Lipinski definition) is 4. The third-order valence-electron chi connectivity index (χ3n) is 2.66. The van der Waals surface area contributed by atoms with E-state index in [1.165, 1.54) is 0 Å². The van der Waals surface area contributed by atoms with Crippen molar-refractivity contribution in [3.05, 3.63) is 0 Å². The summed E-state index contributed by atoms with van der Waals surface area (Å²) in [5.74, 6) is 5.73. The van der Waals surface area contributed by atoms with Crippen molar-refractivity contribution < 1.29 is 29.9 Å². The molecule has 0 aliphatic carbocycles. The zero-order valence-electron chi connectivity index (χ0n) is 10.3. The van der Waals surface area contributed by atoms with E-state index >= 15 is 0 Å². The second-order valence-corrected chi connectivity index (χ2v) is 4.03. The van der Waals surface area contributed by atoms with Crippen molar-refractivity contribution in [3.8, 4) is 11.8 Å². The molecule has 6 heteroatoms. The van der Waals surface area contributed by atoms with Crippen LogP contribution in [0.25, 0.3) is 0 Å². The minimum atomic E-state index is -1.40. The molecule has 2 unspecified atom stereocenters. The quantitative estimate of drug-likeness (QED) is 0.367. The minimum Gasteiger partial charge on any atom is -0.394 e. The van der Waals surface area contributed by atoms with Crippen LogP contribution in [0, 0.1) is 11.8 Å². The first-order chi connectivity index (χ1) is 8.61. The van der Waals surface area contributed by atoms with E-state index in [0.29, 0.717) is 6.42 Å². The van der Waals surface area contributed by atoms with Gasteiger partial charge in [-0.3, -0.25) is 0 Å². The summed E-state index contributed by atoms with van der Waals surface area (Å²) in [6.45, 7) is 1.72. The molecule has 1 rings (SSSR count). The molecule has 1 aliphatic rings. The molecule has 0 aromatic carbocycles. The molecule has 0 aromatic rings. The Kier molecular flexibility index (Phi) is 6.57. The first kappa shape index (κ1) is 15.4. The second kappa shape index (κ2) is 7.69. The van der Waals surface area contributed by atoms with E-state index in [1.54, 1.807) is 0 Å². The van der Waals surface area contributed by atoms with Crippen LogP contribution < -0.4 is 0 Å². The number of aliphatic hydroxyl groups excluding tert-OH is 4. The van der Waals surface area contributed by atoms with Crippen LogP contribution >= 0.6 is 0 Å². The normalized spacial score (nSPS) is 35.9. The summed E-state index contributed by atoms with van der Waals surface area (Å²) in [5.41, 5.74) is 0. The molecule has 0 aromatic heterocycles. The molecule has 18 heavy (non-hydrogen) atoms. The Labute approximate surface area is 106 Å². The molecule has 0 saturated carbocycles. The summed E-state index contributed by atoms with van der Waals surface area (Å²) in [7, 11) is 0. The molecular weight excluding hydrogens is 240 g/mol. The van der Waals surface area contributed by atoms with Gasteiger partial charge >= 0.3 is 0 Å². The van der Waals surface area contributed by atoms with Crippen molar-refractivity contribution in [2.75, 3.05) is 13.2 Å². The highest BCUT2D eigenvalue weighted by atomic mass is 16.7. The zero-order valence-corrected chi connectivity index (χ0v) is 10.3. The fourth-order valence-corrected chi connectivity index (χ4v) is 1.64. The van der Waals surface area contributed by atoms with E-state index in [0.717, 1.165) is 6.42 Å². The van der Waals surface area contributed by atoms with Crippen LogP contribution in [0.5, 0.6) is 0 Å². The Morgan fingerprint density at radius 1 is 1.11 bits per heavy atom. The van der Waals surface area contributed by atoms with Crippen LogP contribution in [0.4, 0.5) is 0 Å². The first-order valence-electron chi connectivity index (χ1n) is 5.99. The maximum absolute atomic E-state index is 9.65. The first-order valence-corrected chi connectivity index (χ1v) is 5.99. The van der Waals surface area contributed by atoms with E-state index in [9.17, 15) is 15.3 Å². The van der Waals surface area contributed by atoms with Gasteiger partial charge in [0.05, 0.1) is 13.2 Å². The molecule has 0 amide bonds. The van der Waals surface area contributed by atoms with Gasteiger partial charge in [0.1, 0.15) is 24.4 Å². The van der Waals surface area contributed by atoms with Crippen LogP contribution in [0.2, 0.25) is 0 Å². The Morgan fingerprint density at radius 3 is 2.44 bits per heavy atom. The van der Waals surface area contributed by atoms with Crippen molar-refractivity contribution in [2.45, 2.75) is 50.5 Å². The van der Waals surface area contributed by atoms with E-state index in [2.05, 4.69) is 11.8 Å². The molecular formula is C12H20O6.